The first-order valence-corrected chi connectivity index (χ1v) is 6.05. The van der Waals surface area contributed by atoms with Gasteiger partial charge in [-0.25, -0.2) is 13.8 Å². The van der Waals surface area contributed by atoms with Crippen molar-refractivity contribution < 1.29 is 8.78 Å². The Labute approximate surface area is 109 Å². The third kappa shape index (κ3) is 2.59. The maximum absolute atomic E-state index is 12.2. The lowest BCUT2D eigenvalue weighted by molar-refractivity contribution is 0.145. The number of nitrogens with zero attached hydrogens (tertiary/aromatic N) is 1. The van der Waals surface area contributed by atoms with Crippen LogP contribution in [0.15, 0.2) is 6.07 Å². The van der Waals surface area contributed by atoms with E-state index < -0.39 is 6.43 Å². The van der Waals surface area contributed by atoms with Gasteiger partial charge in [-0.2, -0.15) is 0 Å². The summed E-state index contributed by atoms with van der Waals surface area (Å²) in [4.78, 5) is 3.76. The van der Waals surface area contributed by atoms with Crippen LogP contribution in [0.2, 0.25) is 0 Å². The first-order valence-electron chi connectivity index (χ1n) is 2.82. The summed E-state index contributed by atoms with van der Waals surface area (Å²) < 4.78 is 26.8. The summed E-state index contributed by atoms with van der Waals surface area (Å²) in [6.45, 7) is 0. The minimum Gasteiger partial charge on any atom is -0.240 e. The molecule has 0 aliphatic carbocycles. The van der Waals surface area contributed by atoms with Crippen LogP contribution in [0, 0.1) is 10.8 Å². The Morgan fingerprint density at radius 3 is 2.25 bits per heavy atom. The topological polar surface area (TPSA) is 12.9 Å². The number of pyridine rings is 1. The fraction of sp³-hybridized carbons (Fsp3) is 0.167. The zero-order chi connectivity index (χ0) is 9.30. The highest BCUT2D eigenvalue weighted by molar-refractivity contribution is 14.1. The molecular weight excluding hydrogens is 505 g/mol. The highest BCUT2D eigenvalue weighted by Gasteiger charge is 2.13. The molecule has 0 saturated carbocycles. The molecule has 0 spiro atoms. The first kappa shape index (κ1) is 11.3. The van der Waals surface area contributed by atoms with E-state index in [0.29, 0.717) is 3.70 Å². The second-order valence-electron chi connectivity index (χ2n) is 1.93. The Kier molecular flexibility index (Phi) is 4.34. The molecule has 0 fully saturated rings. The van der Waals surface area contributed by atoms with Gasteiger partial charge in [0.05, 0.1) is 3.57 Å². The zero-order valence-electron chi connectivity index (χ0n) is 5.49. The summed E-state index contributed by atoms with van der Waals surface area (Å²) in [7, 11) is 0. The molecule has 0 bridgehead atoms. The van der Waals surface area contributed by atoms with E-state index in [1.807, 2.05) is 45.2 Å². The van der Waals surface area contributed by atoms with Crippen molar-refractivity contribution in [2.75, 3.05) is 0 Å². The van der Waals surface area contributed by atoms with E-state index in [4.69, 9.17) is 0 Å². The Morgan fingerprint density at radius 2 is 1.83 bits per heavy atom. The molecule has 1 heterocycles. The molecule has 12 heavy (non-hydrogen) atoms. The molecule has 0 aliphatic heterocycles. The standard InChI is InChI=1S/C6H2F2I3N/c7-5(8)3-1-2(9)4(10)6(11)12-3/h1,5H. The second-order valence-corrected chi connectivity index (χ2v) is 5.20. The Balaban J connectivity index is 3.21. The molecule has 0 saturated heterocycles. The molecule has 6 heteroatoms. The summed E-state index contributed by atoms with van der Waals surface area (Å²) in [6.07, 6.45) is -2.48. The van der Waals surface area contributed by atoms with Crippen molar-refractivity contribution in [2.24, 2.45) is 0 Å². The Morgan fingerprint density at radius 1 is 1.25 bits per heavy atom. The molecule has 0 aliphatic rings. The fourth-order valence-corrected chi connectivity index (χ4v) is 2.53. The van der Waals surface area contributed by atoms with Gasteiger partial charge in [0.15, 0.2) is 0 Å². The van der Waals surface area contributed by atoms with Crippen LogP contribution in [0.1, 0.15) is 12.1 Å². The van der Waals surface area contributed by atoms with E-state index in [0.717, 1.165) is 7.14 Å². The van der Waals surface area contributed by atoms with Crippen LogP contribution in [0.5, 0.6) is 0 Å². The van der Waals surface area contributed by atoms with Crippen LogP contribution in [0.3, 0.4) is 0 Å². The maximum atomic E-state index is 12.2. The van der Waals surface area contributed by atoms with Gasteiger partial charge in [0, 0.05) is 3.57 Å². The normalized spacial score (nSPS) is 10.8. The van der Waals surface area contributed by atoms with E-state index in [1.54, 1.807) is 0 Å². The van der Waals surface area contributed by atoms with Crippen LogP contribution in [-0.2, 0) is 0 Å². The summed E-state index contributed by atoms with van der Waals surface area (Å²) in [5.41, 5.74) is -0.149. The monoisotopic (exact) mass is 507 g/mol. The van der Waals surface area contributed by atoms with Crippen LogP contribution in [0.4, 0.5) is 8.78 Å². The Hall–Kier alpha value is 1.20. The SMILES string of the molecule is FC(F)c1cc(I)c(I)c(I)n1. The number of alkyl halides is 2. The van der Waals surface area contributed by atoms with Crippen molar-refractivity contribution in [2.45, 2.75) is 6.43 Å². The van der Waals surface area contributed by atoms with Crippen molar-refractivity contribution in [1.29, 1.82) is 0 Å². The molecule has 1 nitrogen and oxygen atoms in total. The molecule has 0 aromatic carbocycles. The maximum Gasteiger partial charge on any atom is 0.280 e. The van der Waals surface area contributed by atoms with Crippen LogP contribution < -0.4 is 0 Å². The van der Waals surface area contributed by atoms with E-state index in [1.165, 1.54) is 6.07 Å². The van der Waals surface area contributed by atoms with Crippen LogP contribution in [-0.4, -0.2) is 4.98 Å². The highest BCUT2D eigenvalue weighted by Crippen LogP contribution is 2.25. The van der Waals surface area contributed by atoms with Gasteiger partial charge in [-0.3, -0.25) is 0 Å². The van der Waals surface area contributed by atoms with Crippen LogP contribution in [0.25, 0.3) is 0 Å². The van der Waals surface area contributed by atoms with Crippen molar-refractivity contribution >= 4 is 67.8 Å². The van der Waals surface area contributed by atoms with Gasteiger partial charge in [-0.15, -0.1) is 0 Å². The van der Waals surface area contributed by atoms with Crippen LogP contribution >= 0.6 is 67.8 Å². The van der Waals surface area contributed by atoms with E-state index >= 15 is 0 Å². The van der Waals surface area contributed by atoms with Crippen molar-refractivity contribution in [3.63, 3.8) is 0 Å². The summed E-state index contributed by atoms with van der Waals surface area (Å²) in [5, 5.41) is 0. The lowest BCUT2D eigenvalue weighted by Gasteiger charge is -2.03. The van der Waals surface area contributed by atoms with E-state index in [2.05, 4.69) is 27.6 Å². The number of rotatable bonds is 1. The number of halogens is 5. The summed E-state index contributed by atoms with van der Waals surface area (Å²) in [6, 6.07) is 1.41. The predicted octanol–water partition coefficient (Wildman–Crippen LogP) is 3.83. The molecule has 0 unspecified atom stereocenters. The van der Waals surface area contributed by atoms with Gasteiger partial charge >= 0.3 is 0 Å². The van der Waals surface area contributed by atoms with Gasteiger partial charge in [0.2, 0.25) is 0 Å². The molecule has 0 amide bonds. The minimum atomic E-state index is -2.48. The van der Waals surface area contributed by atoms with Crippen molar-refractivity contribution in [1.82, 2.24) is 4.98 Å². The highest BCUT2D eigenvalue weighted by atomic mass is 127. The largest absolute Gasteiger partial charge is 0.280 e. The molecule has 1 aromatic rings. The quantitative estimate of drug-likeness (QED) is 0.417. The molecule has 0 radical (unpaired) electrons. The van der Waals surface area contributed by atoms with Gasteiger partial charge in [-0.05, 0) is 73.8 Å². The summed E-state index contributed by atoms with van der Waals surface area (Å²) in [5.74, 6) is 0. The fourth-order valence-electron chi connectivity index (χ4n) is 0.598. The van der Waals surface area contributed by atoms with E-state index in [-0.39, 0.29) is 5.69 Å². The lowest BCUT2D eigenvalue weighted by atomic mass is 10.4. The molecule has 1 rings (SSSR count). The van der Waals surface area contributed by atoms with Gasteiger partial charge < -0.3 is 0 Å². The molecule has 66 valence electrons. The molecular formula is C6H2F2I3N. The van der Waals surface area contributed by atoms with Gasteiger partial charge in [0.25, 0.3) is 6.43 Å². The van der Waals surface area contributed by atoms with Crippen molar-refractivity contribution in [3.8, 4) is 0 Å². The number of aromatic nitrogens is 1. The summed E-state index contributed by atoms with van der Waals surface area (Å²) >= 11 is 6.06. The predicted molar refractivity (Wildman–Crippen MR) is 67.3 cm³/mol. The third-order valence-electron chi connectivity index (χ3n) is 1.12. The smallest absolute Gasteiger partial charge is 0.240 e. The van der Waals surface area contributed by atoms with Gasteiger partial charge in [-0.1, -0.05) is 0 Å². The third-order valence-corrected chi connectivity index (χ3v) is 5.90. The Bertz CT molecular complexity index is 280. The lowest BCUT2D eigenvalue weighted by Crippen LogP contribution is -1.97. The minimum absolute atomic E-state index is 0.149. The number of hydrogen-bond donors (Lipinski definition) is 0. The zero-order valence-corrected chi connectivity index (χ0v) is 12.0. The second kappa shape index (κ2) is 4.62. The average Bonchev–Trinajstić information content (AvgIpc) is 1.99. The first-order chi connectivity index (χ1) is 5.52. The van der Waals surface area contributed by atoms with Gasteiger partial charge in [0.1, 0.15) is 9.39 Å². The average molecular weight is 507 g/mol. The number of hydrogen-bond acceptors (Lipinski definition) is 1. The molecule has 1 aromatic heterocycles. The van der Waals surface area contributed by atoms with E-state index in [9.17, 15) is 8.78 Å². The van der Waals surface area contributed by atoms with Crippen molar-refractivity contribution in [3.05, 3.63) is 22.6 Å². The molecule has 0 N–H and O–H groups in total. The molecule has 0 atom stereocenters.